The van der Waals surface area contributed by atoms with Crippen LogP contribution in [0.15, 0.2) is 0 Å². The van der Waals surface area contributed by atoms with Crippen LogP contribution in [0.1, 0.15) is 40.0 Å². The number of aliphatic hydroxyl groups is 3. The predicted molar refractivity (Wildman–Crippen MR) is 173 cm³/mol. The van der Waals surface area contributed by atoms with Crippen molar-refractivity contribution in [3.63, 3.8) is 0 Å². The number of rotatable bonds is 24. The molecule has 0 aliphatic carbocycles. The van der Waals surface area contributed by atoms with Crippen molar-refractivity contribution in [1.82, 2.24) is 37.2 Å². The van der Waals surface area contributed by atoms with Gasteiger partial charge in [-0.2, -0.15) is 0 Å². The van der Waals surface area contributed by atoms with E-state index >= 15 is 0 Å². The lowest BCUT2D eigenvalue weighted by Crippen LogP contribution is -2.63. The smallest absolute Gasteiger partial charge is 0.326 e. The van der Waals surface area contributed by atoms with E-state index in [1.165, 1.54) is 6.92 Å². The molecule has 0 unspecified atom stereocenters. The lowest BCUT2D eigenvalue weighted by molar-refractivity contribution is -0.143. The molecule has 0 rings (SSSR count). The van der Waals surface area contributed by atoms with Crippen LogP contribution in [0.25, 0.3) is 0 Å². The molecule has 24 nitrogen and oxygen atoms in total. The number of nitrogens with one attached hydrogen (secondary N) is 7. The Kier molecular flexibility index (Phi) is 20.7. The van der Waals surface area contributed by atoms with Gasteiger partial charge in [-0.3, -0.25) is 43.2 Å². The van der Waals surface area contributed by atoms with Crippen molar-refractivity contribution < 1.29 is 73.5 Å². The van der Waals surface area contributed by atoms with Crippen molar-refractivity contribution in [2.45, 2.75) is 82.4 Å². The van der Waals surface area contributed by atoms with Gasteiger partial charge in [0.2, 0.25) is 47.3 Å². The molecule has 0 heterocycles. The predicted octanol–water partition coefficient (Wildman–Crippen LogP) is -8.18. The molecule has 8 amide bonds. The van der Waals surface area contributed by atoms with E-state index in [4.69, 9.17) is 21.7 Å². The summed E-state index contributed by atoms with van der Waals surface area (Å²) in [5.74, 6) is -12.5. The van der Waals surface area contributed by atoms with Gasteiger partial charge in [-0.25, -0.2) is 4.79 Å². The van der Waals surface area contributed by atoms with Crippen molar-refractivity contribution >= 4 is 59.2 Å². The first-order valence-electron chi connectivity index (χ1n) is 15.6. The zero-order valence-corrected chi connectivity index (χ0v) is 28.5. The number of hydrogen-bond acceptors (Lipinski definition) is 14. The van der Waals surface area contributed by atoms with Crippen molar-refractivity contribution in [2.75, 3.05) is 26.3 Å². The summed E-state index contributed by atoms with van der Waals surface area (Å²) in [4.78, 5) is 122. The average molecular weight is 750 g/mol. The van der Waals surface area contributed by atoms with E-state index in [0.717, 1.165) is 6.92 Å². The van der Waals surface area contributed by atoms with E-state index in [1.807, 2.05) is 10.6 Å². The number of carboxylic acids is 2. The van der Waals surface area contributed by atoms with Gasteiger partial charge in [0.1, 0.15) is 36.3 Å². The van der Waals surface area contributed by atoms with E-state index < -0.39 is 147 Å². The first-order valence-corrected chi connectivity index (χ1v) is 15.6. The summed E-state index contributed by atoms with van der Waals surface area (Å²) in [6, 6.07) is -10.2. The molecule has 24 heteroatoms. The van der Waals surface area contributed by atoms with E-state index in [-0.39, 0.29) is 6.42 Å². The molecule has 16 N–H and O–H groups in total. The Labute approximate surface area is 296 Å². The minimum absolute atomic E-state index is 0.238. The molecule has 0 bridgehead atoms. The normalized spacial score (nSPS) is 15.4. The molecule has 0 saturated carbocycles. The molecule has 0 spiro atoms. The molecule has 52 heavy (non-hydrogen) atoms. The maximum Gasteiger partial charge on any atom is 0.326 e. The van der Waals surface area contributed by atoms with Crippen molar-refractivity contribution in [3.05, 3.63) is 0 Å². The Morgan fingerprint density at radius 1 is 0.615 bits per heavy atom. The Balaban J connectivity index is 5.75. The van der Waals surface area contributed by atoms with E-state index in [0.29, 0.717) is 0 Å². The minimum atomic E-state index is -1.82. The first-order chi connectivity index (χ1) is 24.2. The van der Waals surface area contributed by atoms with Gasteiger partial charge in [-0.1, -0.05) is 20.3 Å². The summed E-state index contributed by atoms with van der Waals surface area (Å²) >= 11 is 0. The fourth-order valence-corrected chi connectivity index (χ4v) is 4.10. The highest BCUT2D eigenvalue weighted by atomic mass is 16.4. The summed E-state index contributed by atoms with van der Waals surface area (Å²) in [5, 5.41) is 62.6. The lowest BCUT2D eigenvalue weighted by atomic mass is 9.97. The Bertz CT molecular complexity index is 1330. The van der Waals surface area contributed by atoms with Crippen LogP contribution in [0.5, 0.6) is 0 Å². The van der Waals surface area contributed by atoms with Crippen LogP contribution < -0.4 is 48.7 Å². The second-order valence-electron chi connectivity index (χ2n) is 11.4. The van der Waals surface area contributed by atoms with Crippen LogP contribution in [0.4, 0.5) is 0 Å². The van der Waals surface area contributed by atoms with Crippen molar-refractivity contribution in [1.29, 1.82) is 0 Å². The SMILES string of the molecule is CC[C@H](C)[C@H](NC(=O)[C@H](CO)NC(=O)[C@H](CC(=O)O)NC(=O)CN)C(=O)N[C@H](C(=O)N[C@@H](CO)C(=O)NCC(=O)N[C@@H](CC(N)=O)C(=O)O)[C@@H](C)O. The van der Waals surface area contributed by atoms with Crippen molar-refractivity contribution in [3.8, 4) is 0 Å². The number of carboxylic acid groups (broad SMARTS) is 2. The van der Waals surface area contributed by atoms with E-state index in [2.05, 4.69) is 26.6 Å². The second kappa shape index (κ2) is 23.1. The maximum atomic E-state index is 13.3. The summed E-state index contributed by atoms with van der Waals surface area (Å²) in [7, 11) is 0. The number of primary amides is 1. The monoisotopic (exact) mass is 749 g/mol. The average Bonchev–Trinajstić information content (AvgIpc) is 3.07. The molecule has 0 aliphatic rings. The van der Waals surface area contributed by atoms with Gasteiger partial charge < -0.3 is 74.2 Å². The summed E-state index contributed by atoms with van der Waals surface area (Å²) in [5.41, 5.74) is 10.1. The molecular weight excluding hydrogens is 702 g/mol. The Hall–Kier alpha value is -5.46. The summed E-state index contributed by atoms with van der Waals surface area (Å²) < 4.78 is 0. The number of carbonyl (C=O) groups excluding carboxylic acids is 8. The van der Waals surface area contributed by atoms with Gasteiger partial charge in [0.25, 0.3) is 0 Å². The highest BCUT2D eigenvalue weighted by molar-refractivity contribution is 5.98. The number of carbonyl (C=O) groups is 10. The molecule has 0 aromatic carbocycles. The van der Waals surface area contributed by atoms with Gasteiger partial charge in [0, 0.05) is 0 Å². The Morgan fingerprint density at radius 3 is 1.56 bits per heavy atom. The van der Waals surface area contributed by atoms with Crippen LogP contribution in [-0.2, 0) is 47.9 Å². The van der Waals surface area contributed by atoms with Crippen molar-refractivity contribution in [2.24, 2.45) is 17.4 Å². The number of hydrogen-bond donors (Lipinski definition) is 14. The topological polar surface area (TPSA) is 408 Å². The fourth-order valence-electron chi connectivity index (χ4n) is 4.10. The zero-order chi connectivity index (χ0) is 40.3. The van der Waals surface area contributed by atoms with Gasteiger partial charge in [-0.05, 0) is 12.8 Å². The van der Waals surface area contributed by atoms with Gasteiger partial charge >= 0.3 is 11.9 Å². The van der Waals surface area contributed by atoms with Crippen LogP contribution in [0.2, 0.25) is 0 Å². The van der Waals surface area contributed by atoms with Crippen LogP contribution >= 0.6 is 0 Å². The minimum Gasteiger partial charge on any atom is -0.481 e. The number of aliphatic carboxylic acids is 2. The second-order valence-corrected chi connectivity index (χ2v) is 11.4. The third kappa shape index (κ3) is 16.5. The highest BCUT2D eigenvalue weighted by Gasteiger charge is 2.36. The molecule has 0 aromatic rings. The quantitative estimate of drug-likeness (QED) is 0.0436. The van der Waals surface area contributed by atoms with Crippen LogP contribution in [0, 0.1) is 5.92 Å². The third-order valence-corrected chi connectivity index (χ3v) is 7.16. The zero-order valence-electron chi connectivity index (χ0n) is 28.5. The van der Waals surface area contributed by atoms with Gasteiger partial charge in [0.15, 0.2) is 0 Å². The Morgan fingerprint density at radius 2 is 1.10 bits per heavy atom. The van der Waals surface area contributed by atoms with Crippen LogP contribution in [0.3, 0.4) is 0 Å². The van der Waals surface area contributed by atoms with E-state index in [1.54, 1.807) is 6.92 Å². The molecule has 0 fully saturated rings. The summed E-state index contributed by atoms with van der Waals surface area (Å²) in [6.07, 6.45) is -3.06. The molecule has 8 atom stereocenters. The fraction of sp³-hybridized carbons (Fsp3) is 0.643. The molecule has 0 saturated heterocycles. The summed E-state index contributed by atoms with van der Waals surface area (Å²) in [6.45, 7) is 0.667. The van der Waals surface area contributed by atoms with Gasteiger partial charge in [-0.15, -0.1) is 0 Å². The lowest BCUT2D eigenvalue weighted by Gasteiger charge is -2.29. The highest BCUT2D eigenvalue weighted by Crippen LogP contribution is 2.10. The molecule has 0 aromatic heterocycles. The first kappa shape index (κ1) is 46.5. The van der Waals surface area contributed by atoms with Gasteiger partial charge in [0.05, 0.1) is 45.2 Å². The standard InChI is InChI=1S/C28H47N9O15/c1-4-11(2)21(36-25(48)16(10-39)34-24(47)13(6-20(44)45)32-18(42)7-29)26(49)37-22(12(3)40)27(50)35-15(9-38)23(46)31-8-19(43)33-14(28(51)52)5-17(30)41/h11-16,21-22,38-40H,4-10,29H2,1-3H3,(H2,30,41)(H,31,46)(H,32,42)(H,33,43)(H,34,47)(H,35,50)(H,36,48)(H,37,49)(H,44,45)(H,51,52)/t11-,12+,13-,14-,15-,16-,21-,22-/m0/s1. The van der Waals surface area contributed by atoms with E-state index in [9.17, 15) is 63.3 Å². The number of aliphatic hydroxyl groups excluding tert-OH is 3. The molecule has 0 aliphatic heterocycles. The molecule has 294 valence electrons. The largest absolute Gasteiger partial charge is 0.481 e. The third-order valence-electron chi connectivity index (χ3n) is 7.16. The maximum absolute atomic E-state index is 13.3. The number of amides is 8. The van der Waals surface area contributed by atoms with Crippen LogP contribution in [-0.4, -0.2) is 153 Å². The molecular formula is C28H47N9O15. The molecule has 0 radical (unpaired) electrons. The number of nitrogens with two attached hydrogens (primary N) is 2.